The third kappa shape index (κ3) is 1.80. The molecule has 2 aliphatic heterocycles. The summed E-state index contributed by atoms with van der Waals surface area (Å²) in [6.45, 7) is 0.702. The van der Waals surface area contributed by atoms with Crippen molar-refractivity contribution in [3.8, 4) is 0 Å². The Morgan fingerprint density at radius 2 is 1.95 bits per heavy atom. The predicted octanol–water partition coefficient (Wildman–Crippen LogP) is 4.69. The molecule has 2 aromatic carbocycles. The van der Waals surface area contributed by atoms with Crippen LogP contribution in [0.2, 0.25) is 5.02 Å². The summed E-state index contributed by atoms with van der Waals surface area (Å²) in [4.78, 5) is 0. The Kier molecular flexibility index (Phi) is 2.69. The SMILES string of the molecule is Clc1ccc2c(c1)N(Cl)CC2=C1Cc2ccccc2N1. The normalized spacial score (nSPS) is 19.8. The van der Waals surface area contributed by atoms with Crippen molar-refractivity contribution >= 4 is 40.3 Å². The van der Waals surface area contributed by atoms with Crippen molar-refractivity contribution in [2.45, 2.75) is 6.42 Å². The Balaban J connectivity index is 1.81. The largest absolute Gasteiger partial charge is 0.358 e. The van der Waals surface area contributed by atoms with E-state index in [9.17, 15) is 0 Å². The fourth-order valence-electron chi connectivity index (χ4n) is 2.90. The summed E-state index contributed by atoms with van der Waals surface area (Å²) in [6.07, 6.45) is 0.929. The number of anilines is 2. The molecule has 2 nitrogen and oxygen atoms in total. The lowest BCUT2D eigenvalue weighted by molar-refractivity contribution is 1.21. The molecule has 2 aromatic rings. The number of fused-ring (bicyclic) bond motifs is 2. The van der Waals surface area contributed by atoms with Crippen LogP contribution in [0.1, 0.15) is 11.1 Å². The van der Waals surface area contributed by atoms with Crippen LogP contribution in [-0.4, -0.2) is 6.54 Å². The molecule has 0 aromatic heterocycles. The van der Waals surface area contributed by atoms with Gasteiger partial charge in [-0.05, 0) is 23.8 Å². The molecule has 4 rings (SSSR count). The Morgan fingerprint density at radius 1 is 1.10 bits per heavy atom. The van der Waals surface area contributed by atoms with Crippen molar-refractivity contribution in [3.63, 3.8) is 0 Å². The van der Waals surface area contributed by atoms with Gasteiger partial charge in [0.15, 0.2) is 0 Å². The number of benzene rings is 2. The summed E-state index contributed by atoms with van der Waals surface area (Å²) in [5.41, 5.74) is 7.16. The molecular formula is C16H12Cl2N2. The van der Waals surface area contributed by atoms with Crippen LogP contribution >= 0.6 is 23.4 Å². The number of halogens is 2. The summed E-state index contributed by atoms with van der Waals surface area (Å²) in [6, 6.07) is 14.3. The second-order valence-electron chi connectivity index (χ2n) is 5.10. The van der Waals surface area contributed by atoms with Gasteiger partial charge in [0.05, 0.1) is 12.2 Å². The quantitative estimate of drug-likeness (QED) is 0.710. The number of para-hydroxylation sites is 1. The highest BCUT2D eigenvalue weighted by Crippen LogP contribution is 2.42. The fraction of sp³-hybridized carbons (Fsp3) is 0.125. The molecule has 2 heterocycles. The number of allylic oxidation sites excluding steroid dienone is 1. The highest BCUT2D eigenvalue weighted by atomic mass is 35.5. The minimum atomic E-state index is 0.702. The van der Waals surface area contributed by atoms with Crippen LogP contribution in [0, 0.1) is 0 Å². The third-order valence-corrected chi connectivity index (χ3v) is 4.41. The van der Waals surface area contributed by atoms with E-state index in [1.54, 1.807) is 4.42 Å². The average Bonchev–Trinajstić information content (AvgIpc) is 3.00. The molecule has 0 saturated heterocycles. The van der Waals surface area contributed by atoms with Crippen LogP contribution in [0.5, 0.6) is 0 Å². The van der Waals surface area contributed by atoms with Crippen LogP contribution in [0.25, 0.3) is 5.57 Å². The van der Waals surface area contributed by atoms with E-state index in [0.29, 0.717) is 11.6 Å². The van der Waals surface area contributed by atoms with Crippen molar-refractivity contribution in [1.82, 2.24) is 0 Å². The van der Waals surface area contributed by atoms with Gasteiger partial charge in [0.2, 0.25) is 0 Å². The molecule has 4 heteroatoms. The summed E-state index contributed by atoms with van der Waals surface area (Å²) in [5, 5.41) is 4.23. The van der Waals surface area contributed by atoms with Gasteiger partial charge in [-0.1, -0.05) is 35.9 Å². The van der Waals surface area contributed by atoms with Crippen LogP contribution in [-0.2, 0) is 6.42 Å². The molecular weight excluding hydrogens is 291 g/mol. The molecule has 1 N–H and O–H groups in total. The van der Waals surface area contributed by atoms with Crippen molar-refractivity contribution < 1.29 is 0 Å². The zero-order valence-corrected chi connectivity index (χ0v) is 12.2. The van der Waals surface area contributed by atoms with Gasteiger partial charge < -0.3 is 5.32 Å². The van der Waals surface area contributed by atoms with Gasteiger partial charge in [0.25, 0.3) is 0 Å². The second kappa shape index (κ2) is 4.44. The number of nitrogens with zero attached hydrogens (tertiary/aromatic N) is 1. The van der Waals surface area contributed by atoms with Crippen molar-refractivity contribution in [1.29, 1.82) is 0 Å². The first-order chi connectivity index (χ1) is 9.72. The zero-order chi connectivity index (χ0) is 13.7. The number of rotatable bonds is 0. The first-order valence-electron chi connectivity index (χ1n) is 6.52. The van der Waals surface area contributed by atoms with Crippen LogP contribution < -0.4 is 9.74 Å². The molecule has 0 amide bonds. The Bertz CT molecular complexity index is 710. The summed E-state index contributed by atoms with van der Waals surface area (Å²) < 4.78 is 1.73. The number of nitrogens with one attached hydrogen (secondary N) is 1. The van der Waals surface area contributed by atoms with E-state index < -0.39 is 0 Å². The minimum absolute atomic E-state index is 0.702. The lowest BCUT2D eigenvalue weighted by Gasteiger charge is -2.07. The van der Waals surface area contributed by atoms with E-state index in [1.165, 1.54) is 28.1 Å². The van der Waals surface area contributed by atoms with Gasteiger partial charge in [-0.25, -0.2) is 0 Å². The molecule has 0 saturated carbocycles. The van der Waals surface area contributed by atoms with E-state index in [0.717, 1.165) is 12.1 Å². The molecule has 20 heavy (non-hydrogen) atoms. The van der Waals surface area contributed by atoms with Gasteiger partial charge in [0.1, 0.15) is 0 Å². The number of hydrogen-bond donors (Lipinski definition) is 1. The van der Waals surface area contributed by atoms with Crippen molar-refractivity contribution in [2.24, 2.45) is 0 Å². The van der Waals surface area contributed by atoms with E-state index in [4.69, 9.17) is 23.4 Å². The van der Waals surface area contributed by atoms with Crippen molar-refractivity contribution in [2.75, 3.05) is 16.3 Å². The monoisotopic (exact) mass is 302 g/mol. The smallest absolute Gasteiger partial charge is 0.0624 e. The van der Waals surface area contributed by atoms with E-state index >= 15 is 0 Å². The lowest BCUT2D eigenvalue weighted by Crippen LogP contribution is -2.07. The average molecular weight is 303 g/mol. The molecule has 2 aliphatic rings. The fourth-order valence-corrected chi connectivity index (χ4v) is 3.33. The Morgan fingerprint density at radius 3 is 2.80 bits per heavy atom. The summed E-state index contributed by atoms with van der Waals surface area (Å²) in [7, 11) is 0. The second-order valence-corrected chi connectivity index (χ2v) is 5.94. The van der Waals surface area contributed by atoms with Gasteiger partial charge >= 0.3 is 0 Å². The Labute approximate surface area is 127 Å². The van der Waals surface area contributed by atoms with Gasteiger partial charge in [-0.3, -0.25) is 4.42 Å². The summed E-state index contributed by atoms with van der Waals surface area (Å²) in [5.74, 6) is 0. The van der Waals surface area contributed by atoms with Crippen LogP contribution in [0.3, 0.4) is 0 Å². The Hall–Kier alpha value is -1.64. The first kappa shape index (κ1) is 12.1. The standard InChI is InChI=1S/C16H12Cl2N2/c17-11-5-6-12-13(9-20(18)16(12)8-11)15-7-10-3-1-2-4-14(10)19-15/h1-6,8,19H,7,9H2. The highest BCUT2D eigenvalue weighted by molar-refractivity contribution is 6.32. The van der Waals surface area contributed by atoms with Gasteiger partial charge in [-0.2, -0.15) is 0 Å². The minimum Gasteiger partial charge on any atom is -0.358 e. The maximum atomic E-state index is 6.31. The van der Waals surface area contributed by atoms with Gasteiger partial charge in [-0.15, -0.1) is 0 Å². The number of hydrogen-bond acceptors (Lipinski definition) is 2. The lowest BCUT2D eigenvalue weighted by atomic mass is 10.0. The summed E-state index contributed by atoms with van der Waals surface area (Å²) >= 11 is 12.4. The predicted molar refractivity (Wildman–Crippen MR) is 85.3 cm³/mol. The molecule has 0 spiro atoms. The molecule has 100 valence electrons. The van der Waals surface area contributed by atoms with E-state index in [2.05, 4.69) is 29.6 Å². The molecule has 0 bridgehead atoms. The zero-order valence-electron chi connectivity index (χ0n) is 10.7. The topological polar surface area (TPSA) is 15.3 Å². The molecule has 0 fully saturated rings. The maximum Gasteiger partial charge on any atom is 0.0624 e. The highest BCUT2D eigenvalue weighted by Gasteiger charge is 2.27. The maximum absolute atomic E-state index is 6.31. The van der Waals surface area contributed by atoms with Crippen molar-refractivity contribution in [3.05, 3.63) is 64.3 Å². The third-order valence-electron chi connectivity index (χ3n) is 3.88. The van der Waals surface area contributed by atoms with E-state index in [1.807, 2.05) is 18.2 Å². The van der Waals surface area contributed by atoms with Gasteiger partial charge in [0, 0.05) is 45.7 Å². The molecule has 0 atom stereocenters. The van der Waals surface area contributed by atoms with Crippen LogP contribution in [0.4, 0.5) is 11.4 Å². The molecule has 0 unspecified atom stereocenters. The van der Waals surface area contributed by atoms with E-state index in [-0.39, 0.29) is 0 Å². The van der Waals surface area contributed by atoms with Crippen LogP contribution in [0.15, 0.2) is 48.2 Å². The first-order valence-corrected chi connectivity index (χ1v) is 7.24. The molecule has 0 aliphatic carbocycles. The molecule has 0 radical (unpaired) electrons.